The summed E-state index contributed by atoms with van der Waals surface area (Å²) in [6.45, 7) is 0. The molecule has 0 bridgehead atoms. The van der Waals surface area contributed by atoms with Crippen LogP contribution in [0.15, 0.2) is 12.1 Å². The van der Waals surface area contributed by atoms with E-state index >= 15 is 0 Å². The molecule has 1 aromatic carbocycles. The number of aryl methyl sites for hydroxylation is 1. The van der Waals surface area contributed by atoms with Crippen LogP contribution in [0.3, 0.4) is 0 Å². The highest BCUT2D eigenvalue weighted by Gasteiger charge is 2.18. The van der Waals surface area contributed by atoms with Gasteiger partial charge in [-0.05, 0) is 30.4 Å². The van der Waals surface area contributed by atoms with E-state index in [1.54, 1.807) is 0 Å². The van der Waals surface area contributed by atoms with Crippen LogP contribution in [0, 0.1) is 17.6 Å². The number of hydrogen-bond acceptors (Lipinski definition) is 4. The van der Waals surface area contributed by atoms with Crippen LogP contribution >= 0.6 is 0 Å². The van der Waals surface area contributed by atoms with Gasteiger partial charge in [0.05, 0.1) is 5.69 Å². The van der Waals surface area contributed by atoms with Crippen molar-refractivity contribution in [2.24, 2.45) is 11.7 Å². The number of nitrogens with zero attached hydrogens (tertiary/aromatic N) is 2. The van der Waals surface area contributed by atoms with Gasteiger partial charge in [0.25, 0.3) is 5.91 Å². The van der Waals surface area contributed by atoms with Crippen LogP contribution in [0.25, 0.3) is 0 Å². The minimum atomic E-state index is -0.699. The average Bonchev–Trinajstić information content (AvgIpc) is 3.27. The van der Waals surface area contributed by atoms with Crippen LogP contribution in [0.5, 0.6) is 0 Å². The molecule has 0 unspecified atom stereocenters. The first kappa shape index (κ1) is 19.9. The number of halogens is 2. The summed E-state index contributed by atoms with van der Waals surface area (Å²) in [6, 6.07) is 2.05. The van der Waals surface area contributed by atoms with E-state index in [0.717, 1.165) is 18.3 Å². The number of nitrogens with two attached hydrogens (primary N) is 1. The second-order valence-corrected chi connectivity index (χ2v) is 7.15. The zero-order chi connectivity index (χ0) is 20.1. The van der Waals surface area contributed by atoms with Gasteiger partial charge in [-0.25, -0.2) is 13.8 Å². The molecule has 4 rings (SSSR count). The fourth-order valence-corrected chi connectivity index (χ4v) is 3.59. The molecule has 150 valence electrons. The number of aromatic amines is 1. The number of amides is 2. The molecule has 28 heavy (non-hydrogen) atoms. The Morgan fingerprint density at radius 1 is 1.18 bits per heavy atom. The van der Waals surface area contributed by atoms with Gasteiger partial charge in [-0.2, -0.15) is 0 Å². The van der Waals surface area contributed by atoms with Crippen molar-refractivity contribution in [1.82, 2.24) is 15.2 Å². The van der Waals surface area contributed by atoms with Gasteiger partial charge in [0.15, 0.2) is 0 Å². The summed E-state index contributed by atoms with van der Waals surface area (Å²) in [4.78, 5) is 25.9. The lowest BCUT2D eigenvalue weighted by atomic mass is 10.0. The topological polar surface area (TPSA) is 114 Å². The molecule has 1 saturated carbocycles. The number of nitrogens with one attached hydrogen (secondary N) is 2. The molecule has 0 saturated heterocycles. The van der Waals surface area contributed by atoms with Crippen molar-refractivity contribution in [3.63, 3.8) is 0 Å². The van der Waals surface area contributed by atoms with Gasteiger partial charge >= 0.3 is 0 Å². The summed E-state index contributed by atoms with van der Waals surface area (Å²) in [6.07, 6.45) is 7.53. The number of H-pyrrole nitrogens is 1. The van der Waals surface area contributed by atoms with Crippen molar-refractivity contribution in [3.05, 3.63) is 41.0 Å². The zero-order valence-corrected chi connectivity index (χ0v) is 15.4. The summed E-state index contributed by atoms with van der Waals surface area (Å²) in [5.41, 5.74) is 5.72. The molecule has 2 amide bonds. The first-order chi connectivity index (χ1) is 13.4. The molecule has 1 aliphatic carbocycles. The summed E-state index contributed by atoms with van der Waals surface area (Å²) in [5, 5.41) is 8.94. The Hall–Kier alpha value is -2.84. The van der Waals surface area contributed by atoms with Crippen LogP contribution < -0.4 is 11.1 Å². The maximum absolute atomic E-state index is 13.2. The third-order valence-electron chi connectivity index (χ3n) is 4.96. The third kappa shape index (κ3) is 5.11. The smallest absolute Gasteiger partial charge is 0.288 e. The quantitative estimate of drug-likeness (QED) is 0.746. The van der Waals surface area contributed by atoms with Crippen molar-refractivity contribution >= 4 is 17.5 Å². The standard InChI is InChI=1S/C10H9F2NO.C9H14N4O/c11-7-4-6-2-1-3-9(14)13-10(6)8(12)5-7;10-8(14)9-11-7(12-13-9)5-6-3-1-2-4-6/h4-5H,1-3H2,(H,13,14);6H,1-5H2,(H2,10,14)(H,11,12,13). The number of anilines is 1. The molecule has 0 atom stereocenters. The largest absolute Gasteiger partial charge is 0.363 e. The molecule has 0 radical (unpaired) electrons. The maximum atomic E-state index is 13.2. The lowest BCUT2D eigenvalue weighted by Gasteiger charge is -2.07. The number of carbonyl (C=O) groups excluding carboxylic acids is 2. The Labute approximate surface area is 161 Å². The number of primary amides is 1. The molecule has 1 aliphatic heterocycles. The number of benzene rings is 1. The van der Waals surface area contributed by atoms with Crippen molar-refractivity contribution in [1.29, 1.82) is 0 Å². The van der Waals surface area contributed by atoms with Gasteiger partial charge in [0.2, 0.25) is 11.7 Å². The monoisotopic (exact) mass is 391 g/mol. The fourth-order valence-electron chi connectivity index (χ4n) is 3.59. The minimum absolute atomic E-state index is 0.0954. The first-order valence-corrected chi connectivity index (χ1v) is 9.41. The molecule has 2 heterocycles. The molecule has 7 nitrogen and oxygen atoms in total. The second-order valence-electron chi connectivity index (χ2n) is 7.15. The molecular weight excluding hydrogens is 368 g/mol. The van der Waals surface area contributed by atoms with Gasteiger partial charge in [-0.1, -0.05) is 25.7 Å². The molecule has 1 aromatic heterocycles. The maximum Gasteiger partial charge on any atom is 0.288 e. The average molecular weight is 391 g/mol. The molecule has 2 aliphatic rings. The predicted octanol–water partition coefficient (Wildman–Crippen LogP) is 2.88. The number of rotatable bonds is 3. The first-order valence-electron chi connectivity index (χ1n) is 9.41. The van der Waals surface area contributed by atoms with E-state index in [9.17, 15) is 18.4 Å². The molecule has 0 spiro atoms. The van der Waals surface area contributed by atoms with Gasteiger partial charge in [-0.15, -0.1) is 5.10 Å². The van der Waals surface area contributed by atoms with Gasteiger partial charge in [0.1, 0.15) is 17.5 Å². The van der Waals surface area contributed by atoms with Crippen LogP contribution in [0.1, 0.15) is 60.5 Å². The van der Waals surface area contributed by atoms with E-state index in [1.807, 2.05) is 0 Å². The second kappa shape index (κ2) is 8.90. The molecule has 9 heteroatoms. The van der Waals surface area contributed by atoms with E-state index in [0.29, 0.717) is 30.7 Å². The highest BCUT2D eigenvalue weighted by atomic mass is 19.1. The number of fused-ring (bicyclic) bond motifs is 1. The van der Waals surface area contributed by atoms with E-state index < -0.39 is 17.5 Å². The highest BCUT2D eigenvalue weighted by molar-refractivity contribution is 5.92. The van der Waals surface area contributed by atoms with Crippen molar-refractivity contribution < 1.29 is 18.4 Å². The highest BCUT2D eigenvalue weighted by Crippen LogP contribution is 2.27. The normalized spacial score (nSPS) is 16.6. The fraction of sp³-hybridized carbons (Fsp3) is 0.474. The number of hydrogen-bond donors (Lipinski definition) is 3. The summed E-state index contributed by atoms with van der Waals surface area (Å²) in [5.74, 6) is -0.506. The Bertz CT molecular complexity index is 862. The minimum Gasteiger partial charge on any atom is -0.363 e. The van der Waals surface area contributed by atoms with Gasteiger partial charge in [-0.3, -0.25) is 14.7 Å². The SMILES string of the molecule is NC(=O)c1n[nH]c(CC2CCCC2)n1.O=C1CCCc2cc(F)cc(F)c2N1. The lowest BCUT2D eigenvalue weighted by molar-refractivity contribution is -0.116. The lowest BCUT2D eigenvalue weighted by Crippen LogP contribution is -2.13. The van der Waals surface area contributed by atoms with E-state index in [2.05, 4.69) is 20.5 Å². The van der Waals surface area contributed by atoms with Crippen molar-refractivity contribution in [3.8, 4) is 0 Å². The molecule has 4 N–H and O–H groups in total. The third-order valence-corrected chi connectivity index (χ3v) is 4.96. The van der Waals surface area contributed by atoms with Gasteiger partial charge < -0.3 is 11.1 Å². The van der Waals surface area contributed by atoms with Crippen LogP contribution in [0.4, 0.5) is 14.5 Å². The van der Waals surface area contributed by atoms with E-state index in [4.69, 9.17) is 5.73 Å². The van der Waals surface area contributed by atoms with Crippen LogP contribution in [0.2, 0.25) is 0 Å². The summed E-state index contributed by atoms with van der Waals surface area (Å²) >= 11 is 0. The summed E-state index contributed by atoms with van der Waals surface area (Å²) < 4.78 is 26.1. The van der Waals surface area contributed by atoms with Gasteiger partial charge in [0, 0.05) is 18.9 Å². The Kier molecular flexibility index (Phi) is 6.33. The van der Waals surface area contributed by atoms with E-state index in [-0.39, 0.29) is 17.4 Å². The molecule has 1 fully saturated rings. The van der Waals surface area contributed by atoms with Crippen molar-refractivity contribution in [2.45, 2.75) is 51.4 Å². The van der Waals surface area contributed by atoms with E-state index in [1.165, 1.54) is 31.7 Å². The number of aromatic nitrogens is 3. The Balaban J connectivity index is 0.000000161. The molecule has 2 aromatic rings. The Morgan fingerprint density at radius 2 is 1.93 bits per heavy atom. The summed E-state index contributed by atoms with van der Waals surface area (Å²) in [7, 11) is 0. The van der Waals surface area contributed by atoms with Crippen molar-refractivity contribution in [2.75, 3.05) is 5.32 Å². The zero-order valence-electron chi connectivity index (χ0n) is 15.4. The van der Waals surface area contributed by atoms with Crippen LogP contribution in [-0.2, 0) is 17.6 Å². The number of carbonyl (C=O) groups is 2. The molecular formula is C19H23F2N5O2. The van der Waals surface area contributed by atoms with Crippen LogP contribution in [-0.4, -0.2) is 27.0 Å². The Morgan fingerprint density at radius 3 is 2.61 bits per heavy atom. The predicted molar refractivity (Wildman–Crippen MR) is 98.5 cm³/mol.